The molecule has 1 aromatic carbocycles. The smallest absolute Gasteiger partial charge is 0.230 e. The Balaban J connectivity index is 1.58. The monoisotopic (exact) mass is 384 g/mol. The molecule has 0 spiro atoms. The lowest BCUT2D eigenvalue weighted by Crippen LogP contribution is -2.31. The molecule has 0 bridgehead atoms. The first kappa shape index (κ1) is 19.2. The summed E-state index contributed by atoms with van der Waals surface area (Å²) in [6, 6.07) is 13.9. The summed E-state index contributed by atoms with van der Waals surface area (Å²) in [5.41, 5.74) is 1.13. The Morgan fingerprint density at radius 2 is 2.04 bits per heavy atom. The summed E-state index contributed by atoms with van der Waals surface area (Å²) in [6.07, 6.45) is 4.18. The quantitative estimate of drug-likeness (QED) is 0.566. The first-order valence-electron chi connectivity index (χ1n) is 8.99. The Kier molecular flexibility index (Phi) is 6.70. The highest BCUT2D eigenvalue weighted by atomic mass is 32.2. The third-order valence-electron chi connectivity index (χ3n) is 4.06. The number of amides is 1. The van der Waals surface area contributed by atoms with Gasteiger partial charge in [-0.25, -0.2) is 0 Å². The van der Waals surface area contributed by atoms with Crippen molar-refractivity contribution in [2.75, 3.05) is 5.75 Å². The van der Waals surface area contributed by atoms with Crippen LogP contribution in [0.3, 0.4) is 0 Å². The van der Waals surface area contributed by atoms with Crippen LogP contribution in [0.5, 0.6) is 0 Å². The minimum absolute atomic E-state index is 0.0120. The minimum Gasteiger partial charge on any atom is -0.467 e. The SMILES string of the molecule is CC(C)CC(NC(=O)CSc1nncn1Cc1ccco1)c1ccccc1. The van der Waals surface area contributed by atoms with Crippen LogP contribution in [0, 0.1) is 5.92 Å². The van der Waals surface area contributed by atoms with E-state index in [1.54, 1.807) is 12.6 Å². The van der Waals surface area contributed by atoms with E-state index in [2.05, 4.69) is 41.5 Å². The predicted octanol–water partition coefficient (Wildman–Crippen LogP) is 3.92. The summed E-state index contributed by atoms with van der Waals surface area (Å²) < 4.78 is 7.24. The van der Waals surface area contributed by atoms with Gasteiger partial charge in [0.15, 0.2) is 5.16 Å². The van der Waals surface area contributed by atoms with E-state index in [1.165, 1.54) is 11.8 Å². The molecule has 7 heteroatoms. The number of nitrogens with zero attached hydrogens (tertiary/aromatic N) is 3. The highest BCUT2D eigenvalue weighted by molar-refractivity contribution is 7.99. The van der Waals surface area contributed by atoms with E-state index in [-0.39, 0.29) is 17.7 Å². The molecule has 0 fully saturated rings. The van der Waals surface area contributed by atoms with Crippen molar-refractivity contribution in [2.45, 2.75) is 38.0 Å². The zero-order valence-corrected chi connectivity index (χ0v) is 16.4. The third kappa shape index (κ3) is 5.72. The number of furan rings is 1. The Morgan fingerprint density at radius 1 is 1.22 bits per heavy atom. The molecule has 1 unspecified atom stereocenters. The number of carbonyl (C=O) groups is 1. The number of benzene rings is 1. The van der Waals surface area contributed by atoms with Gasteiger partial charge >= 0.3 is 0 Å². The molecule has 2 aromatic heterocycles. The van der Waals surface area contributed by atoms with Crippen LogP contribution in [0.1, 0.15) is 37.6 Å². The number of hydrogen-bond acceptors (Lipinski definition) is 5. The van der Waals surface area contributed by atoms with Crippen molar-refractivity contribution in [3.05, 3.63) is 66.4 Å². The van der Waals surface area contributed by atoms with Crippen molar-refractivity contribution < 1.29 is 9.21 Å². The minimum atomic E-state index is -0.0120. The first-order chi connectivity index (χ1) is 13.1. The number of thioether (sulfide) groups is 1. The largest absolute Gasteiger partial charge is 0.467 e. The lowest BCUT2D eigenvalue weighted by Gasteiger charge is -2.21. The molecule has 0 aliphatic rings. The van der Waals surface area contributed by atoms with Gasteiger partial charge < -0.3 is 14.3 Å². The van der Waals surface area contributed by atoms with Crippen molar-refractivity contribution >= 4 is 17.7 Å². The number of aromatic nitrogens is 3. The summed E-state index contributed by atoms with van der Waals surface area (Å²) in [4.78, 5) is 12.5. The van der Waals surface area contributed by atoms with Crippen molar-refractivity contribution in [2.24, 2.45) is 5.92 Å². The molecule has 6 nitrogen and oxygen atoms in total. The van der Waals surface area contributed by atoms with Gasteiger partial charge in [-0.1, -0.05) is 55.9 Å². The standard InChI is InChI=1S/C20H24N4O2S/c1-15(2)11-18(16-7-4-3-5-8-16)22-19(25)13-27-20-23-21-14-24(20)12-17-9-6-10-26-17/h3-10,14-15,18H,11-13H2,1-2H3,(H,22,25). The summed E-state index contributed by atoms with van der Waals surface area (Å²) >= 11 is 1.38. The van der Waals surface area contributed by atoms with E-state index in [9.17, 15) is 4.79 Å². The second-order valence-corrected chi connectivity index (χ2v) is 7.71. The summed E-state index contributed by atoms with van der Waals surface area (Å²) in [5, 5.41) is 11.9. The molecule has 0 aliphatic heterocycles. The van der Waals surface area contributed by atoms with Crippen LogP contribution in [0.2, 0.25) is 0 Å². The molecule has 1 atom stereocenters. The lowest BCUT2D eigenvalue weighted by molar-refractivity contribution is -0.119. The predicted molar refractivity (Wildman–Crippen MR) is 105 cm³/mol. The fourth-order valence-electron chi connectivity index (χ4n) is 2.84. The molecule has 2 heterocycles. The van der Waals surface area contributed by atoms with Crippen LogP contribution in [0.25, 0.3) is 0 Å². The van der Waals surface area contributed by atoms with E-state index in [0.29, 0.717) is 17.6 Å². The molecule has 0 saturated heterocycles. The molecule has 142 valence electrons. The van der Waals surface area contributed by atoms with Gasteiger partial charge in [-0.15, -0.1) is 10.2 Å². The lowest BCUT2D eigenvalue weighted by atomic mass is 9.97. The van der Waals surface area contributed by atoms with Crippen molar-refractivity contribution in [3.63, 3.8) is 0 Å². The first-order valence-corrected chi connectivity index (χ1v) is 9.97. The van der Waals surface area contributed by atoms with Gasteiger partial charge in [0.1, 0.15) is 12.1 Å². The Morgan fingerprint density at radius 3 is 2.74 bits per heavy atom. The normalized spacial score (nSPS) is 12.3. The molecule has 3 aromatic rings. The average molecular weight is 385 g/mol. The van der Waals surface area contributed by atoms with E-state index in [1.807, 2.05) is 34.9 Å². The van der Waals surface area contributed by atoms with Crippen molar-refractivity contribution in [3.8, 4) is 0 Å². The zero-order valence-electron chi connectivity index (χ0n) is 15.5. The van der Waals surface area contributed by atoms with Crippen LogP contribution in [0.4, 0.5) is 0 Å². The molecule has 1 amide bonds. The highest BCUT2D eigenvalue weighted by Crippen LogP contribution is 2.22. The van der Waals surface area contributed by atoms with Gasteiger partial charge in [0.25, 0.3) is 0 Å². The van der Waals surface area contributed by atoms with Gasteiger partial charge in [-0.05, 0) is 30.0 Å². The Hall–Kier alpha value is -2.54. The second-order valence-electron chi connectivity index (χ2n) is 6.77. The average Bonchev–Trinajstić information content (AvgIpc) is 3.32. The third-order valence-corrected chi connectivity index (χ3v) is 5.04. The van der Waals surface area contributed by atoms with E-state index >= 15 is 0 Å². The van der Waals surface area contributed by atoms with Crippen LogP contribution < -0.4 is 5.32 Å². The molecule has 0 radical (unpaired) electrons. The van der Waals surface area contributed by atoms with Crippen LogP contribution in [-0.2, 0) is 11.3 Å². The molecule has 0 aliphatic carbocycles. The van der Waals surface area contributed by atoms with E-state index < -0.39 is 0 Å². The van der Waals surface area contributed by atoms with Gasteiger partial charge in [-0.2, -0.15) is 0 Å². The van der Waals surface area contributed by atoms with Crippen molar-refractivity contribution in [1.82, 2.24) is 20.1 Å². The number of nitrogens with one attached hydrogen (secondary N) is 1. The topological polar surface area (TPSA) is 73.0 Å². The van der Waals surface area contributed by atoms with E-state index in [4.69, 9.17) is 4.42 Å². The molecule has 1 N–H and O–H groups in total. The van der Waals surface area contributed by atoms with Gasteiger partial charge in [0.05, 0.1) is 24.6 Å². The van der Waals surface area contributed by atoms with Crippen molar-refractivity contribution in [1.29, 1.82) is 0 Å². The molecule has 0 saturated carbocycles. The highest BCUT2D eigenvalue weighted by Gasteiger charge is 2.17. The summed E-state index contributed by atoms with van der Waals surface area (Å²) in [6.45, 7) is 4.87. The van der Waals surface area contributed by atoms with Gasteiger partial charge in [0, 0.05) is 0 Å². The Bertz CT molecular complexity index is 831. The summed E-state index contributed by atoms with van der Waals surface area (Å²) in [7, 11) is 0. The van der Waals surface area contributed by atoms with Crippen LogP contribution in [0.15, 0.2) is 64.6 Å². The van der Waals surface area contributed by atoms with Crippen LogP contribution in [-0.4, -0.2) is 26.4 Å². The summed E-state index contributed by atoms with van der Waals surface area (Å²) in [5.74, 6) is 1.59. The maximum Gasteiger partial charge on any atom is 0.230 e. The number of rotatable bonds is 9. The fraction of sp³-hybridized carbons (Fsp3) is 0.350. The maximum atomic E-state index is 12.5. The molecule has 27 heavy (non-hydrogen) atoms. The maximum absolute atomic E-state index is 12.5. The zero-order chi connectivity index (χ0) is 19.1. The number of hydrogen-bond donors (Lipinski definition) is 1. The Labute approximate surface area is 163 Å². The van der Waals surface area contributed by atoms with E-state index in [0.717, 1.165) is 17.7 Å². The van der Waals surface area contributed by atoms with Gasteiger partial charge in [-0.3, -0.25) is 4.79 Å². The molecular weight excluding hydrogens is 360 g/mol. The van der Waals surface area contributed by atoms with Gasteiger partial charge in [0.2, 0.25) is 5.91 Å². The molecular formula is C20H24N4O2S. The molecule has 3 rings (SSSR count). The second kappa shape index (κ2) is 9.41. The number of carbonyl (C=O) groups excluding carboxylic acids is 1. The van der Waals surface area contributed by atoms with Crippen LogP contribution >= 0.6 is 11.8 Å². The fourth-order valence-corrected chi connectivity index (χ4v) is 3.56.